The van der Waals surface area contributed by atoms with Gasteiger partial charge in [-0.25, -0.2) is 4.98 Å². The van der Waals surface area contributed by atoms with Crippen molar-refractivity contribution in [1.29, 1.82) is 0 Å². The number of hydrogen-bond donors (Lipinski definition) is 2. The van der Waals surface area contributed by atoms with Crippen molar-refractivity contribution in [2.75, 3.05) is 0 Å². The number of carbonyl (C=O) groups is 2. The molecule has 2 aromatic heterocycles. The van der Waals surface area contributed by atoms with Crippen LogP contribution in [-0.4, -0.2) is 16.8 Å². The van der Waals surface area contributed by atoms with E-state index in [-0.39, 0.29) is 23.9 Å². The number of nitrogens with zero attached hydrogens (tertiary/aromatic N) is 1. The molecule has 22 heavy (non-hydrogen) atoms. The quantitative estimate of drug-likeness (QED) is 0.877. The lowest BCUT2D eigenvalue weighted by Gasteiger charge is -2.01. The maximum atomic E-state index is 12.0. The number of nitrogens with two attached hydrogens (primary N) is 1. The van der Waals surface area contributed by atoms with Crippen molar-refractivity contribution in [3.8, 4) is 0 Å². The minimum Gasteiger partial charge on any atom is -0.454 e. The molecular weight excluding hydrogens is 286 g/mol. The SMILES string of the molecule is NC(=O)c1ccc(CNC(=O)c2coc(C3CCCC3)n2)o1. The Morgan fingerprint density at radius 1 is 1.32 bits per heavy atom. The molecule has 2 heterocycles. The van der Waals surface area contributed by atoms with Crippen LogP contribution in [0, 0.1) is 0 Å². The molecule has 116 valence electrons. The molecule has 1 aliphatic rings. The van der Waals surface area contributed by atoms with E-state index in [1.807, 2.05) is 0 Å². The van der Waals surface area contributed by atoms with Gasteiger partial charge in [0.1, 0.15) is 12.0 Å². The van der Waals surface area contributed by atoms with Gasteiger partial charge in [-0.2, -0.15) is 0 Å². The van der Waals surface area contributed by atoms with E-state index in [9.17, 15) is 9.59 Å². The first-order valence-corrected chi connectivity index (χ1v) is 7.25. The fourth-order valence-corrected chi connectivity index (χ4v) is 2.62. The van der Waals surface area contributed by atoms with Crippen LogP contribution in [-0.2, 0) is 6.54 Å². The molecule has 0 aromatic carbocycles. The lowest BCUT2D eigenvalue weighted by Crippen LogP contribution is -2.23. The fourth-order valence-electron chi connectivity index (χ4n) is 2.62. The van der Waals surface area contributed by atoms with Crippen molar-refractivity contribution in [1.82, 2.24) is 10.3 Å². The molecule has 0 saturated heterocycles. The van der Waals surface area contributed by atoms with Crippen molar-refractivity contribution in [3.05, 3.63) is 41.5 Å². The Kier molecular flexibility index (Phi) is 3.95. The van der Waals surface area contributed by atoms with E-state index in [0.717, 1.165) is 12.8 Å². The van der Waals surface area contributed by atoms with E-state index >= 15 is 0 Å². The van der Waals surface area contributed by atoms with Gasteiger partial charge in [0.2, 0.25) is 0 Å². The monoisotopic (exact) mass is 303 g/mol. The van der Waals surface area contributed by atoms with Crippen molar-refractivity contribution in [2.45, 2.75) is 38.1 Å². The summed E-state index contributed by atoms with van der Waals surface area (Å²) in [4.78, 5) is 27.2. The van der Waals surface area contributed by atoms with Crippen LogP contribution < -0.4 is 11.1 Å². The Labute approximate surface area is 126 Å². The van der Waals surface area contributed by atoms with Crippen LogP contribution in [0.5, 0.6) is 0 Å². The normalized spacial score (nSPS) is 15.1. The molecule has 1 saturated carbocycles. The second-order valence-electron chi connectivity index (χ2n) is 5.37. The minimum atomic E-state index is -0.643. The van der Waals surface area contributed by atoms with Crippen LogP contribution in [0.1, 0.15) is 64.3 Å². The summed E-state index contributed by atoms with van der Waals surface area (Å²) in [6.07, 6.45) is 5.85. The third kappa shape index (κ3) is 3.03. The number of amides is 2. The van der Waals surface area contributed by atoms with Crippen LogP contribution in [0.2, 0.25) is 0 Å². The Morgan fingerprint density at radius 2 is 2.09 bits per heavy atom. The summed E-state index contributed by atoms with van der Waals surface area (Å²) in [7, 11) is 0. The third-order valence-electron chi connectivity index (χ3n) is 3.79. The Hall–Kier alpha value is -2.57. The number of rotatable bonds is 5. The van der Waals surface area contributed by atoms with Gasteiger partial charge in [-0.15, -0.1) is 0 Å². The van der Waals surface area contributed by atoms with E-state index < -0.39 is 5.91 Å². The maximum Gasteiger partial charge on any atom is 0.284 e. The number of hydrogen-bond acceptors (Lipinski definition) is 5. The smallest absolute Gasteiger partial charge is 0.284 e. The van der Waals surface area contributed by atoms with Gasteiger partial charge in [0.25, 0.3) is 11.8 Å². The molecule has 3 rings (SSSR count). The van der Waals surface area contributed by atoms with Gasteiger partial charge in [-0.05, 0) is 25.0 Å². The highest BCUT2D eigenvalue weighted by Crippen LogP contribution is 2.33. The standard InChI is InChI=1S/C15H17N3O4/c16-13(19)12-6-5-10(22-12)7-17-14(20)11-8-21-15(18-11)9-3-1-2-4-9/h5-6,8-9H,1-4,7H2,(H2,16,19)(H,17,20). The zero-order valence-corrected chi connectivity index (χ0v) is 12.0. The number of aromatic nitrogens is 1. The highest BCUT2D eigenvalue weighted by Gasteiger charge is 2.23. The van der Waals surface area contributed by atoms with Gasteiger partial charge in [-0.3, -0.25) is 9.59 Å². The first kappa shape index (κ1) is 14.4. The summed E-state index contributed by atoms with van der Waals surface area (Å²) in [5.74, 6) is 0.484. The summed E-state index contributed by atoms with van der Waals surface area (Å²) in [6, 6.07) is 3.06. The molecule has 0 radical (unpaired) electrons. The van der Waals surface area contributed by atoms with Gasteiger partial charge in [-0.1, -0.05) is 12.8 Å². The average Bonchev–Trinajstić information content (AvgIpc) is 3.23. The van der Waals surface area contributed by atoms with Crippen LogP contribution in [0.25, 0.3) is 0 Å². The molecule has 2 amide bonds. The lowest BCUT2D eigenvalue weighted by molar-refractivity contribution is 0.0942. The van der Waals surface area contributed by atoms with Crippen molar-refractivity contribution < 1.29 is 18.4 Å². The van der Waals surface area contributed by atoms with Crippen molar-refractivity contribution in [3.63, 3.8) is 0 Å². The molecule has 2 aromatic rings. The predicted octanol–water partition coefficient (Wildman–Crippen LogP) is 1.95. The molecular formula is C15H17N3O4. The lowest BCUT2D eigenvalue weighted by atomic mass is 10.1. The Morgan fingerprint density at radius 3 is 2.77 bits per heavy atom. The number of nitrogens with one attached hydrogen (secondary N) is 1. The Balaban J connectivity index is 1.58. The molecule has 0 unspecified atom stereocenters. The van der Waals surface area contributed by atoms with E-state index in [1.54, 1.807) is 6.07 Å². The van der Waals surface area contributed by atoms with Crippen molar-refractivity contribution >= 4 is 11.8 Å². The van der Waals surface area contributed by atoms with Gasteiger partial charge >= 0.3 is 0 Å². The zero-order valence-electron chi connectivity index (χ0n) is 12.0. The summed E-state index contributed by atoms with van der Waals surface area (Å²) >= 11 is 0. The molecule has 0 atom stereocenters. The average molecular weight is 303 g/mol. The molecule has 1 fully saturated rings. The van der Waals surface area contributed by atoms with E-state index in [0.29, 0.717) is 17.6 Å². The number of primary amides is 1. The Bertz CT molecular complexity index is 683. The van der Waals surface area contributed by atoms with Crippen molar-refractivity contribution in [2.24, 2.45) is 5.73 Å². The van der Waals surface area contributed by atoms with Gasteiger partial charge in [0.05, 0.1) is 6.54 Å². The summed E-state index contributed by atoms with van der Waals surface area (Å²) in [5, 5.41) is 2.66. The second-order valence-corrected chi connectivity index (χ2v) is 5.37. The van der Waals surface area contributed by atoms with E-state index in [1.165, 1.54) is 25.2 Å². The minimum absolute atomic E-state index is 0.0641. The number of furan rings is 1. The highest BCUT2D eigenvalue weighted by atomic mass is 16.4. The fraction of sp³-hybridized carbons (Fsp3) is 0.400. The molecule has 3 N–H and O–H groups in total. The largest absolute Gasteiger partial charge is 0.454 e. The molecule has 7 heteroatoms. The topological polar surface area (TPSA) is 111 Å². The highest BCUT2D eigenvalue weighted by molar-refractivity contribution is 5.92. The molecule has 0 aliphatic heterocycles. The van der Waals surface area contributed by atoms with Gasteiger partial charge < -0.3 is 19.9 Å². The van der Waals surface area contributed by atoms with Gasteiger partial charge in [0, 0.05) is 5.92 Å². The van der Waals surface area contributed by atoms with Gasteiger partial charge in [0.15, 0.2) is 17.3 Å². The predicted molar refractivity (Wildman–Crippen MR) is 76.1 cm³/mol. The second kappa shape index (κ2) is 6.05. The first-order chi connectivity index (χ1) is 10.6. The van der Waals surface area contributed by atoms with E-state index in [4.69, 9.17) is 14.6 Å². The molecule has 1 aliphatic carbocycles. The van der Waals surface area contributed by atoms with Crippen LogP contribution >= 0.6 is 0 Å². The summed E-state index contributed by atoms with van der Waals surface area (Å²) in [6.45, 7) is 0.151. The summed E-state index contributed by atoms with van der Waals surface area (Å²) in [5.41, 5.74) is 5.35. The zero-order chi connectivity index (χ0) is 15.5. The van der Waals surface area contributed by atoms with Crippen LogP contribution in [0.3, 0.4) is 0 Å². The molecule has 0 spiro atoms. The number of carbonyl (C=O) groups excluding carboxylic acids is 2. The third-order valence-corrected chi connectivity index (χ3v) is 3.79. The molecule has 7 nitrogen and oxygen atoms in total. The number of oxazole rings is 1. The van der Waals surface area contributed by atoms with Crippen LogP contribution in [0.15, 0.2) is 27.2 Å². The maximum absolute atomic E-state index is 12.0. The van der Waals surface area contributed by atoms with Crippen LogP contribution in [0.4, 0.5) is 0 Å². The summed E-state index contributed by atoms with van der Waals surface area (Å²) < 4.78 is 10.6. The molecule has 0 bridgehead atoms. The first-order valence-electron chi connectivity index (χ1n) is 7.25. The van der Waals surface area contributed by atoms with E-state index in [2.05, 4.69) is 10.3 Å².